The number of nitrogens with one attached hydrogen (secondary N) is 3. The van der Waals surface area contributed by atoms with Crippen molar-refractivity contribution in [1.29, 1.82) is 0 Å². The van der Waals surface area contributed by atoms with E-state index in [1.54, 1.807) is 26.4 Å². The zero-order chi connectivity index (χ0) is 23.2. The summed E-state index contributed by atoms with van der Waals surface area (Å²) in [6, 6.07) is 6.57. The Labute approximate surface area is 180 Å². The summed E-state index contributed by atoms with van der Waals surface area (Å²) in [5.41, 5.74) is 2.00. The Kier molecular flexibility index (Phi) is 20.3. The number of hydrogen-bond donors (Lipinski definition) is 3. The van der Waals surface area contributed by atoms with E-state index in [0.717, 1.165) is 17.7 Å². The van der Waals surface area contributed by atoms with E-state index in [4.69, 9.17) is 0 Å². The van der Waals surface area contributed by atoms with Crippen molar-refractivity contribution in [3.63, 3.8) is 0 Å². The second-order valence-corrected chi connectivity index (χ2v) is 6.03. The van der Waals surface area contributed by atoms with Gasteiger partial charge in [-0.15, -0.1) is 0 Å². The van der Waals surface area contributed by atoms with Gasteiger partial charge in [0.1, 0.15) is 5.82 Å². The third-order valence-electron chi connectivity index (χ3n) is 3.09. The van der Waals surface area contributed by atoms with Crippen LogP contribution in [0.25, 0.3) is 0 Å². The minimum Gasteiger partial charge on any atom is -0.388 e. The van der Waals surface area contributed by atoms with E-state index in [0.29, 0.717) is 13.0 Å². The maximum absolute atomic E-state index is 12.5. The summed E-state index contributed by atoms with van der Waals surface area (Å²) >= 11 is 0. The van der Waals surface area contributed by atoms with Gasteiger partial charge in [0.15, 0.2) is 0 Å². The first-order valence-corrected chi connectivity index (χ1v) is 9.35. The van der Waals surface area contributed by atoms with Crippen LogP contribution in [0.15, 0.2) is 48.6 Å². The number of hydrogen-bond acceptors (Lipinski definition) is 4. The Bertz CT molecular complexity index is 722. The predicted octanol–water partition coefficient (Wildman–Crippen LogP) is 2.57. The average Bonchev–Trinajstić information content (AvgIpc) is 2.69. The minimum absolute atomic E-state index is 0.0128. The zero-order valence-electron chi connectivity index (χ0n) is 18.6. The number of rotatable bonds is 7. The monoisotopic (exact) mass is 419 g/mol. The van der Waals surface area contributed by atoms with Crippen molar-refractivity contribution in [2.75, 3.05) is 34.4 Å². The minimum atomic E-state index is -0.216. The van der Waals surface area contributed by atoms with Crippen LogP contribution in [0.2, 0.25) is 0 Å². The summed E-state index contributed by atoms with van der Waals surface area (Å²) in [7, 11) is 5.09. The van der Waals surface area contributed by atoms with Crippen molar-refractivity contribution in [3.05, 3.63) is 60.0 Å². The molecule has 1 rings (SSSR count). The van der Waals surface area contributed by atoms with Gasteiger partial charge >= 0.3 is 0 Å². The van der Waals surface area contributed by atoms with Crippen LogP contribution in [0.5, 0.6) is 0 Å². The van der Waals surface area contributed by atoms with Gasteiger partial charge in [-0.05, 0) is 37.7 Å². The van der Waals surface area contributed by atoms with Gasteiger partial charge in [0.25, 0.3) is 0 Å². The molecular weight excluding hydrogens is 385 g/mol. The number of carbonyl (C=O) groups is 2. The molecule has 7 heteroatoms. The molecule has 0 radical (unpaired) electrons. The van der Waals surface area contributed by atoms with Crippen molar-refractivity contribution < 1.29 is 18.7 Å². The first-order chi connectivity index (χ1) is 14.3. The van der Waals surface area contributed by atoms with E-state index in [2.05, 4.69) is 39.1 Å². The number of benzene rings is 1. The molecular formula is C23H34FN3O3. The topological polar surface area (TPSA) is 79.5 Å². The van der Waals surface area contributed by atoms with Crippen LogP contribution in [0.4, 0.5) is 4.39 Å². The molecule has 0 fully saturated rings. The number of ether oxygens (including phenoxy) is 1. The molecule has 3 N–H and O–H groups in total. The molecule has 2 amide bonds. The van der Waals surface area contributed by atoms with E-state index in [9.17, 15) is 14.0 Å². The highest BCUT2D eigenvalue weighted by molar-refractivity contribution is 5.83. The van der Waals surface area contributed by atoms with E-state index >= 15 is 0 Å². The van der Waals surface area contributed by atoms with Crippen LogP contribution in [0, 0.1) is 17.7 Å². The first kappa shape index (κ1) is 29.3. The summed E-state index contributed by atoms with van der Waals surface area (Å²) in [6.45, 7) is 7.97. The number of methoxy groups -OCH3 is 1. The standard InChI is InChI=1S/C13H18N2O2.C8H10FN.C2H6O/c1-4-5-6-7-8-11(2)9-15-13(17)10-14-12(3)16;1-10-6-7-3-2-4-8(9)5-7;1-3-2/h4,8H,1,7,9-10H2,2-3H3,(H,14,16)(H,15,17);2-5,10H,6H2,1H3;1-2H3/b11-8+;;. The number of amides is 2. The lowest BCUT2D eigenvalue weighted by molar-refractivity contribution is -0.124. The van der Waals surface area contributed by atoms with Crippen LogP contribution < -0.4 is 16.0 Å². The summed E-state index contributed by atoms with van der Waals surface area (Å²) in [5, 5.41) is 8.06. The molecule has 0 bridgehead atoms. The number of carbonyl (C=O) groups excluding carboxylic acids is 2. The Hall–Kier alpha value is -2.95. The Morgan fingerprint density at radius 2 is 1.87 bits per heavy atom. The van der Waals surface area contributed by atoms with Crippen LogP contribution in [-0.4, -0.2) is 46.2 Å². The second kappa shape index (κ2) is 20.8. The van der Waals surface area contributed by atoms with Gasteiger partial charge in [0.2, 0.25) is 11.8 Å². The fourth-order valence-electron chi connectivity index (χ4n) is 1.78. The highest BCUT2D eigenvalue weighted by atomic mass is 19.1. The molecule has 6 nitrogen and oxygen atoms in total. The first-order valence-electron chi connectivity index (χ1n) is 9.35. The van der Waals surface area contributed by atoms with Crippen molar-refractivity contribution >= 4 is 11.8 Å². The predicted molar refractivity (Wildman–Crippen MR) is 120 cm³/mol. The summed E-state index contributed by atoms with van der Waals surface area (Å²) < 4.78 is 16.7. The van der Waals surface area contributed by atoms with Crippen molar-refractivity contribution in [2.24, 2.45) is 0 Å². The average molecular weight is 420 g/mol. The molecule has 166 valence electrons. The maximum Gasteiger partial charge on any atom is 0.239 e. The molecule has 0 spiro atoms. The van der Waals surface area contributed by atoms with Gasteiger partial charge < -0.3 is 20.7 Å². The highest BCUT2D eigenvalue weighted by Crippen LogP contribution is 2.01. The van der Waals surface area contributed by atoms with Gasteiger partial charge in [-0.25, -0.2) is 4.39 Å². The Morgan fingerprint density at radius 3 is 2.40 bits per heavy atom. The lowest BCUT2D eigenvalue weighted by Gasteiger charge is -2.05. The maximum atomic E-state index is 12.5. The van der Waals surface area contributed by atoms with Crippen LogP contribution in [0.1, 0.15) is 25.8 Å². The summed E-state index contributed by atoms with van der Waals surface area (Å²) in [4.78, 5) is 21.8. The van der Waals surface area contributed by atoms with Gasteiger partial charge in [0.05, 0.1) is 6.54 Å². The van der Waals surface area contributed by atoms with Gasteiger partial charge in [0, 0.05) is 40.7 Å². The third-order valence-corrected chi connectivity index (χ3v) is 3.09. The number of halogens is 1. The molecule has 0 aliphatic heterocycles. The molecule has 0 saturated heterocycles. The highest BCUT2D eigenvalue weighted by Gasteiger charge is 2.00. The van der Waals surface area contributed by atoms with E-state index in [1.807, 2.05) is 26.1 Å². The normalized spacial score (nSPS) is 9.47. The van der Waals surface area contributed by atoms with E-state index in [1.165, 1.54) is 19.1 Å². The lowest BCUT2D eigenvalue weighted by atomic mass is 10.2. The third kappa shape index (κ3) is 21.4. The van der Waals surface area contributed by atoms with Gasteiger partial charge in [-0.2, -0.15) is 0 Å². The Morgan fingerprint density at radius 1 is 1.20 bits per heavy atom. The molecule has 0 unspecified atom stereocenters. The fraction of sp³-hybridized carbons (Fsp3) is 0.391. The van der Waals surface area contributed by atoms with Crippen LogP contribution in [0.3, 0.4) is 0 Å². The van der Waals surface area contributed by atoms with E-state index in [-0.39, 0.29) is 24.2 Å². The SMILES string of the molecule is C=CC#CC/C=C(\C)CNC(=O)CNC(C)=O.CNCc1cccc(F)c1.COC. The van der Waals surface area contributed by atoms with Crippen molar-refractivity contribution in [1.82, 2.24) is 16.0 Å². The molecule has 0 aliphatic carbocycles. The smallest absolute Gasteiger partial charge is 0.239 e. The molecule has 0 heterocycles. The summed E-state index contributed by atoms with van der Waals surface area (Å²) in [6.07, 6.45) is 4.12. The van der Waals surface area contributed by atoms with Crippen molar-refractivity contribution in [3.8, 4) is 11.8 Å². The molecule has 30 heavy (non-hydrogen) atoms. The van der Waals surface area contributed by atoms with Gasteiger partial charge in [-0.3, -0.25) is 9.59 Å². The van der Waals surface area contributed by atoms with Crippen LogP contribution in [-0.2, 0) is 20.9 Å². The number of allylic oxidation sites excluding steroid dienone is 2. The molecule has 1 aromatic rings. The fourth-order valence-corrected chi connectivity index (χ4v) is 1.78. The zero-order valence-corrected chi connectivity index (χ0v) is 18.6. The lowest BCUT2D eigenvalue weighted by Crippen LogP contribution is -2.36. The molecule has 0 atom stereocenters. The largest absolute Gasteiger partial charge is 0.388 e. The van der Waals surface area contributed by atoms with E-state index < -0.39 is 0 Å². The molecule has 0 saturated carbocycles. The Balaban J connectivity index is 0. The molecule has 0 aromatic heterocycles. The van der Waals surface area contributed by atoms with Crippen LogP contribution >= 0.6 is 0 Å². The quantitative estimate of drug-likeness (QED) is 0.469. The second-order valence-electron chi connectivity index (χ2n) is 6.03. The summed E-state index contributed by atoms with van der Waals surface area (Å²) in [5.74, 6) is 5.02. The van der Waals surface area contributed by atoms with Crippen molar-refractivity contribution in [2.45, 2.75) is 26.8 Å². The molecule has 0 aliphatic rings. The van der Waals surface area contributed by atoms with Gasteiger partial charge in [-0.1, -0.05) is 42.2 Å². The molecule has 1 aromatic carbocycles.